The molecule has 0 aromatic heterocycles. The van der Waals surface area contributed by atoms with Crippen molar-refractivity contribution in [2.75, 3.05) is 33.9 Å². The molecule has 8 nitrogen and oxygen atoms in total. The molecule has 0 bridgehead atoms. The van der Waals surface area contributed by atoms with Gasteiger partial charge in [-0.3, -0.25) is 19.2 Å². The molecule has 0 N–H and O–H groups in total. The zero-order valence-corrected chi connectivity index (χ0v) is 16.4. The number of esters is 2. The molecular weight excluding hydrogens is 364 g/mol. The Hall–Kier alpha value is -2.90. The second-order valence-corrected chi connectivity index (χ2v) is 6.70. The van der Waals surface area contributed by atoms with Crippen LogP contribution in [0.2, 0.25) is 0 Å². The van der Waals surface area contributed by atoms with Crippen molar-refractivity contribution in [2.45, 2.75) is 25.8 Å². The highest BCUT2D eigenvalue weighted by molar-refractivity contribution is 5.91. The first-order chi connectivity index (χ1) is 13.4. The van der Waals surface area contributed by atoms with Crippen molar-refractivity contribution in [1.82, 2.24) is 9.80 Å². The number of methoxy groups -OCH3 is 2. The quantitative estimate of drug-likeness (QED) is 0.619. The van der Waals surface area contributed by atoms with Crippen molar-refractivity contribution in [3.63, 3.8) is 0 Å². The van der Waals surface area contributed by atoms with Gasteiger partial charge in [-0.1, -0.05) is 30.3 Å². The van der Waals surface area contributed by atoms with E-state index in [1.165, 1.54) is 19.1 Å². The predicted molar refractivity (Wildman–Crippen MR) is 99.9 cm³/mol. The fourth-order valence-electron chi connectivity index (χ4n) is 3.26. The molecule has 8 heteroatoms. The van der Waals surface area contributed by atoms with E-state index in [0.29, 0.717) is 0 Å². The van der Waals surface area contributed by atoms with Crippen molar-refractivity contribution in [2.24, 2.45) is 5.92 Å². The van der Waals surface area contributed by atoms with E-state index in [1.807, 2.05) is 37.3 Å². The van der Waals surface area contributed by atoms with Crippen molar-refractivity contribution in [3.05, 3.63) is 35.9 Å². The second-order valence-electron chi connectivity index (χ2n) is 6.70. The molecule has 152 valence electrons. The predicted octanol–water partition coefficient (Wildman–Crippen LogP) is 1.16. The summed E-state index contributed by atoms with van der Waals surface area (Å²) in [7, 11) is 2.49. The smallest absolute Gasteiger partial charge is 0.325 e. The molecule has 1 heterocycles. The average molecular weight is 390 g/mol. The molecule has 1 saturated heterocycles. The molecule has 1 aliphatic heterocycles. The van der Waals surface area contributed by atoms with E-state index in [1.54, 1.807) is 4.90 Å². The Balaban J connectivity index is 2.08. The third-order valence-electron chi connectivity index (χ3n) is 4.93. The lowest BCUT2D eigenvalue weighted by atomic mass is 10.1. The van der Waals surface area contributed by atoms with Gasteiger partial charge < -0.3 is 19.3 Å². The van der Waals surface area contributed by atoms with E-state index >= 15 is 0 Å². The van der Waals surface area contributed by atoms with Crippen LogP contribution in [0.3, 0.4) is 0 Å². The summed E-state index contributed by atoms with van der Waals surface area (Å²) in [5, 5.41) is 0. The van der Waals surface area contributed by atoms with Gasteiger partial charge in [0.05, 0.1) is 32.6 Å². The molecule has 0 aliphatic carbocycles. The number of amides is 2. The van der Waals surface area contributed by atoms with Gasteiger partial charge in [0.2, 0.25) is 11.8 Å². The third kappa shape index (κ3) is 5.31. The lowest BCUT2D eigenvalue weighted by Gasteiger charge is -2.27. The van der Waals surface area contributed by atoms with Gasteiger partial charge in [-0.2, -0.15) is 0 Å². The maximum Gasteiger partial charge on any atom is 0.325 e. The highest BCUT2D eigenvalue weighted by atomic mass is 16.5. The zero-order valence-electron chi connectivity index (χ0n) is 16.4. The lowest BCUT2D eigenvalue weighted by molar-refractivity contribution is -0.150. The Morgan fingerprint density at radius 1 is 1.14 bits per heavy atom. The molecule has 1 aromatic carbocycles. The van der Waals surface area contributed by atoms with E-state index in [9.17, 15) is 19.2 Å². The number of carbonyl (C=O) groups excluding carboxylic acids is 4. The summed E-state index contributed by atoms with van der Waals surface area (Å²) in [5.41, 5.74) is 0.987. The number of hydrogen-bond acceptors (Lipinski definition) is 6. The van der Waals surface area contributed by atoms with Crippen molar-refractivity contribution < 1.29 is 28.7 Å². The normalized spacial score (nSPS) is 17.2. The van der Waals surface area contributed by atoms with Gasteiger partial charge in [0.1, 0.15) is 6.54 Å². The fraction of sp³-hybridized carbons (Fsp3) is 0.500. The van der Waals surface area contributed by atoms with Crippen LogP contribution < -0.4 is 0 Å². The minimum Gasteiger partial charge on any atom is -0.469 e. The number of hydrogen-bond donors (Lipinski definition) is 0. The standard InChI is InChI=1S/C20H26N2O6/c1-14(15-7-5-4-6-8-15)22-12-16(11-17(22)23)20(26)21(13-19(25)28-3)10-9-18(24)27-2/h4-8,14,16H,9-13H2,1-3H3. The average Bonchev–Trinajstić information content (AvgIpc) is 3.11. The fourth-order valence-corrected chi connectivity index (χ4v) is 3.26. The molecule has 2 atom stereocenters. The summed E-state index contributed by atoms with van der Waals surface area (Å²) in [6.45, 7) is 1.94. The number of carbonyl (C=O) groups is 4. The van der Waals surface area contributed by atoms with Gasteiger partial charge in [-0.15, -0.1) is 0 Å². The maximum absolute atomic E-state index is 12.9. The molecule has 2 amide bonds. The summed E-state index contributed by atoms with van der Waals surface area (Å²) in [5.74, 6) is -2.09. The summed E-state index contributed by atoms with van der Waals surface area (Å²) < 4.78 is 9.23. The van der Waals surface area contributed by atoms with Gasteiger partial charge in [0.25, 0.3) is 0 Å². The third-order valence-corrected chi connectivity index (χ3v) is 4.93. The van der Waals surface area contributed by atoms with E-state index in [-0.39, 0.29) is 50.3 Å². The number of nitrogens with zero attached hydrogens (tertiary/aromatic N) is 2. The van der Waals surface area contributed by atoms with Gasteiger partial charge in [-0.05, 0) is 12.5 Å². The number of likely N-dealkylation sites (tertiary alicyclic amines) is 1. The topological polar surface area (TPSA) is 93.2 Å². The molecule has 2 rings (SSSR count). The molecule has 1 aromatic rings. The molecule has 1 aliphatic rings. The van der Waals surface area contributed by atoms with Crippen LogP contribution in [0, 0.1) is 5.92 Å². The van der Waals surface area contributed by atoms with Crippen molar-refractivity contribution in [1.29, 1.82) is 0 Å². The zero-order chi connectivity index (χ0) is 20.7. The molecule has 0 saturated carbocycles. The number of rotatable bonds is 8. The molecule has 0 spiro atoms. The molecule has 0 radical (unpaired) electrons. The van der Waals surface area contributed by atoms with E-state index < -0.39 is 17.9 Å². The molecular formula is C20H26N2O6. The van der Waals surface area contributed by atoms with Crippen LogP contribution in [0.25, 0.3) is 0 Å². The van der Waals surface area contributed by atoms with Crippen molar-refractivity contribution >= 4 is 23.8 Å². The largest absolute Gasteiger partial charge is 0.469 e. The Labute approximate surface area is 164 Å². The van der Waals surface area contributed by atoms with Gasteiger partial charge in [0.15, 0.2) is 0 Å². The molecule has 1 fully saturated rings. The van der Waals surface area contributed by atoms with Crippen LogP contribution >= 0.6 is 0 Å². The first-order valence-electron chi connectivity index (χ1n) is 9.14. The summed E-state index contributed by atoms with van der Waals surface area (Å²) >= 11 is 0. The van der Waals surface area contributed by atoms with Crippen LogP contribution in [0.4, 0.5) is 0 Å². The second kappa shape index (κ2) is 9.87. The van der Waals surface area contributed by atoms with E-state index in [4.69, 9.17) is 0 Å². The monoisotopic (exact) mass is 390 g/mol. The maximum atomic E-state index is 12.9. The highest BCUT2D eigenvalue weighted by Gasteiger charge is 2.39. The lowest BCUT2D eigenvalue weighted by Crippen LogP contribution is -2.42. The summed E-state index contributed by atoms with van der Waals surface area (Å²) in [6, 6.07) is 9.43. The van der Waals surface area contributed by atoms with E-state index in [2.05, 4.69) is 9.47 Å². The van der Waals surface area contributed by atoms with Gasteiger partial charge in [-0.25, -0.2) is 0 Å². The minimum absolute atomic E-state index is 0.0273. The Morgan fingerprint density at radius 3 is 2.39 bits per heavy atom. The summed E-state index contributed by atoms with van der Waals surface area (Å²) in [6.07, 6.45) is 0.0376. The first-order valence-corrected chi connectivity index (χ1v) is 9.14. The summed E-state index contributed by atoms with van der Waals surface area (Å²) in [4.78, 5) is 51.5. The highest BCUT2D eigenvalue weighted by Crippen LogP contribution is 2.29. The van der Waals surface area contributed by atoms with Crippen LogP contribution in [0.1, 0.15) is 31.4 Å². The van der Waals surface area contributed by atoms with Crippen LogP contribution in [0.15, 0.2) is 30.3 Å². The number of ether oxygens (including phenoxy) is 2. The minimum atomic E-state index is -0.586. The van der Waals surface area contributed by atoms with E-state index in [0.717, 1.165) is 5.56 Å². The molecule has 2 unspecified atom stereocenters. The molecule has 28 heavy (non-hydrogen) atoms. The van der Waals surface area contributed by atoms with Crippen molar-refractivity contribution in [3.8, 4) is 0 Å². The van der Waals surface area contributed by atoms with Crippen LogP contribution in [-0.4, -0.2) is 67.4 Å². The first kappa shape index (κ1) is 21.4. The Kier molecular flexibility index (Phi) is 7.54. The Bertz CT molecular complexity index is 721. The SMILES string of the molecule is COC(=O)CCN(CC(=O)OC)C(=O)C1CC(=O)N(C(C)c2ccccc2)C1. The van der Waals surface area contributed by atoms with Gasteiger partial charge >= 0.3 is 11.9 Å². The Morgan fingerprint density at radius 2 is 1.79 bits per heavy atom. The van der Waals surface area contributed by atoms with Crippen LogP contribution in [-0.2, 0) is 28.7 Å². The number of benzene rings is 1. The van der Waals surface area contributed by atoms with Gasteiger partial charge in [0, 0.05) is 19.5 Å². The van der Waals surface area contributed by atoms with Crippen LogP contribution in [0.5, 0.6) is 0 Å².